The van der Waals surface area contributed by atoms with E-state index in [-0.39, 0.29) is 40.0 Å². The Bertz CT molecular complexity index is 4070. The number of fused-ring (bicyclic) bond motifs is 12. The van der Waals surface area contributed by atoms with Crippen LogP contribution in [-0.4, -0.2) is 18.3 Å². The Balaban J connectivity index is 0.000000109. The molecule has 21 rings (SSSR count). The van der Waals surface area contributed by atoms with Crippen LogP contribution in [0.15, 0.2) is 162 Å². The molecule has 0 atom stereocenters. The van der Waals surface area contributed by atoms with E-state index < -0.39 is 0 Å². The summed E-state index contributed by atoms with van der Waals surface area (Å²) in [5.41, 5.74) is 28.9. The van der Waals surface area contributed by atoms with Crippen molar-refractivity contribution in [2.75, 3.05) is 0 Å². The predicted molar refractivity (Wildman–Crippen MR) is 364 cm³/mol. The summed E-state index contributed by atoms with van der Waals surface area (Å²) in [4.78, 5) is 0. The van der Waals surface area contributed by atoms with Gasteiger partial charge in [-0.1, -0.05) is 190 Å². The minimum absolute atomic E-state index is 0.0182. The molecule has 2 spiro atoms. The van der Waals surface area contributed by atoms with E-state index in [1.54, 1.807) is 27.8 Å². The van der Waals surface area contributed by atoms with Crippen molar-refractivity contribution in [3.05, 3.63) is 217 Å². The Labute approximate surface area is 531 Å². The Morgan fingerprint density at radius 1 is 0.402 bits per heavy atom. The van der Waals surface area contributed by atoms with Crippen molar-refractivity contribution in [2.24, 2.45) is 47.3 Å². The third kappa shape index (κ3) is 7.72. The van der Waals surface area contributed by atoms with Crippen LogP contribution in [-0.2, 0) is 37.4 Å². The highest BCUT2D eigenvalue weighted by molar-refractivity contribution is 9.10. The van der Waals surface area contributed by atoms with E-state index >= 15 is 0 Å². The first-order valence-electron chi connectivity index (χ1n) is 33.5. The van der Waals surface area contributed by atoms with Crippen LogP contribution in [0, 0.1) is 47.3 Å². The second-order valence-electron chi connectivity index (χ2n) is 31.1. The zero-order chi connectivity index (χ0) is 59.5. The molecule has 8 saturated carbocycles. The molecule has 13 aliphatic rings. The van der Waals surface area contributed by atoms with Gasteiger partial charge in [0.25, 0.3) is 0 Å². The van der Waals surface area contributed by atoms with Gasteiger partial charge in [-0.05, 0) is 287 Å². The fraction of sp³-hybridized carbons (Fsp3) is 0.415. The fourth-order valence-corrected chi connectivity index (χ4v) is 22.2. The molecule has 0 N–H and O–H groups in total. The van der Waals surface area contributed by atoms with Crippen LogP contribution in [0.2, 0.25) is 5.02 Å². The number of rotatable bonds is 3. The van der Waals surface area contributed by atoms with Gasteiger partial charge in [0.2, 0.25) is 0 Å². The molecule has 9 fully saturated rings. The third-order valence-electron chi connectivity index (χ3n) is 25.8. The van der Waals surface area contributed by atoms with Gasteiger partial charge in [0, 0.05) is 31.2 Å². The van der Waals surface area contributed by atoms with Gasteiger partial charge in [0.05, 0.1) is 11.2 Å². The molecule has 1 heterocycles. The quantitative estimate of drug-likeness (QED) is 0.164. The summed E-state index contributed by atoms with van der Waals surface area (Å²) >= 11 is 9.67. The smallest absolute Gasteiger partial charge is 0.399 e. The average Bonchev–Trinajstić information content (AvgIpc) is 1.58. The van der Waals surface area contributed by atoms with E-state index in [9.17, 15) is 0 Å². The Morgan fingerprint density at radius 3 is 1.38 bits per heavy atom. The third-order valence-corrected chi connectivity index (χ3v) is 26.5. The van der Waals surface area contributed by atoms with Gasteiger partial charge >= 0.3 is 7.12 Å². The van der Waals surface area contributed by atoms with E-state index in [1.807, 2.05) is 6.07 Å². The average molecular weight is 1230 g/mol. The molecule has 0 unspecified atom stereocenters. The highest BCUT2D eigenvalue weighted by Gasteiger charge is 2.64. The summed E-state index contributed by atoms with van der Waals surface area (Å²) in [6.45, 7) is 20.2. The lowest BCUT2D eigenvalue weighted by Crippen LogP contribution is -2.55. The van der Waals surface area contributed by atoms with Crippen LogP contribution in [0.3, 0.4) is 0 Å². The second kappa shape index (κ2) is 19.3. The zero-order valence-electron chi connectivity index (χ0n) is 52.6. The van der Waals surface area contributed by atoms with E-state index in [0.717, 1.165) is 63.3 Å². The normalized spacial score (nSPS) is 29.9. The molecule has 0 radical (unpaired) electrons. The first kappa shape index (κ1) is 55.6. The molecule has 8 aromatic carbocycles. The second-order valence-corrected chi connectivity index (χ2v) is 32.5. The maximum atomic E-state index is 6.56. The molecule has 8 bridgehead atoms. The van der Waals surface area contributed by atoms with Crippen molar-refractivity contribution in [1.29, 1.82) is 0 Å². The molecular weight excluding hydrogens is 1140 g/mol. The van der Waals surface area contributed by atoms with Crippen molar-refractivity contribution < 1.29 is 9.31 Å². The van der Waals surface area contributed by atoms with Crippen LogP contribution in [0.1, 0.15) is 177 Å². The van der Waals surface area contributed by atoms with Gasteiger partial charge in [-0.3, -0.25) is 0 Å². The molecule has 1 saturated heterocycles. The Kier molecular flexibility index (Phi) is 12.3. The SMILES string of the molecule is CC1(C)OB(c2cccc3c2-c2ccccc2C32C3CC4CC(C3)CC2C4)OC1(C)C.CC1(C)c2cc(Cl)ccc2-c2ccc(Br)cc21.CCc1ccc2c(c1)C(C)(C)c1cc(-c3cccc4c3-c3ccccc3C43C4CC5CC(C4)CC3C5)ccc1-2. The molecule has 1 aliphatic heterocycles. The Morgan fingerprint density at radius 2 is 0.828 bits per heavy atom. The number of hydrogen-bond acceptors (Lipinski definition) is 2. The van der Waals surface area contributed by atoms with Gasteiger partial charge in [0.15, 0.2) is 0 Å². The lowest BCUT2D eigenvalue weighted by Gasteiger charge is -2.61. The summed E-state index contributed by atoms with van der Waals surface area (Å²) in [6, 6.07) is 60.4. The molecule has 0 amide bonds. The monoisotopic (exact) mass is 1220 g/mol. The van der Waals surface area contributed by atoms with Crippen molar-refractivity contribution in [3.63, 3.8) is 0 Å². The predicted octanol–water partition coefficient (Wildman–Crippen LogP) is 21.1. The van der Waals surface area contributed by atoms with Gasteiger partial charge in [0.1, 0.15) is 0 Å². The lowest BCUT2D eigenvalue weighted by atomic mass is 9.43. The van der Waals surface area contributed by atoms with Gasteiger partial charge in [-0.15, -0.1) is 0 Å². The standard InChI is InChI=1S/C39H38.C28H33BO2.C15H12BrCl/c1-4-23-12-14-30-31-15-13-26(22-36(31)38(2,3)35(30)21-23)29-9-7-11-34-37(29)32-8-5-6-10-33(32)39(34)27-17-24-16-25(19-27)20-28(39)18-24;1-26(2)27(3,4)31-29(30-26)24-11-7-10-23-25(24)21-8-5-6-9-22(21)28(23)19-13-17-12-18(15-19)16-20(28)14-17;1-15(2)13-7-9(16)3-5-11(13)12-6-4-10(17)8-14(12)15/h5-15,21-22,24-25,27-28H,4,16-20H2,1-3H3;5-11,17-20H,12-16H2,1-4H3;3-8H,1-2H3. The summed E-state index contributed by atoms with van der Waals surface area (Å²) < 4.78 is 14.3. The summed E-state index contributed by atoms with van der Waals surface area (Å²) in [5.74, 6) is 7.10. The maximum absolute atomic E-state index is 6.56. The Hall–Kier alpha value is -5.49. The molecule has 2 nitrogen and oxygen atoms in total. The molecule has 8 aromatic rings. The minimum atomic E-state index is -0.321. The van der Waals surface area contributed by atoms with E-state index in [4.69, 9.17) is 20.9 Å². The van der Waals surface area contributed by atoms with Crippen LogP contribution < -0.4 is 5.46 Å². The zero-order valence-corrected chi connectivity index (χ0v) is 54.9. The van der Waals surface area contributed by atoms with Crippen LogP contribution >= 0.6 is 27.5 Å². The maximum Gasteiger partial charge on any atom is 0.495 e. The number of hydrogen-bond donors (Lipinski definition) is 0. The van der Waals surface area contributed by atoms with E-state index in [0.29, 0.717) is 0 Å². The van der Waals surface area contributed by atoms with Crippen molar-refractivity contribution in [3.8, 4) is 55.6 Å². The molecule has 0 aromatic heterocycles. The highest BCUT2D eigenvalue weighted by Crippen LogP contribution is 2.72. The molecule has 440 valence electrons. The summed E-state index contributed by atoms with van der Waals surface area (Å²) in [5, 5.41) is 0.809. The van der Waals surface area contributed by atoms with Gasteiger partial charge in [-0.2, -0.15) is 0 Å². The van der Waals surface area contributed by atoms with Crippen LogP contribution in [0.5, 0.6) is 0 Å². The number of benzene rings is 8. The van der Waals surface area contributed by atoms with Crippen molar-refractivity contribution in [2.45, 2.75) is 166 Å². The lowest BCUT2D eigenvalue weighted by molar-refractivity contribution is -0.0399. The van der Waals surface area contributed by atoms with Gasteiger partial charge < -0.3 is 9.31 Å². The van der Waals surface area contributed by atoms with E-state index in [2.05, 4.69) is 230 Å². The largest absolute Gasteiger partial charge is 0.495 e. The summed E-state index contributed by atoms with van der Waals surface area (Å²) in [7, 11) is -0.306. The minimum Gasteiger partial charge on any atom is -0.399 e. The van der Waals surface area contributed by atoms with Crippen molar-refractivity contribution in [1.82, 2.24) is 0 Å². The molecule has 87 heavy (non-hydrogen) atoms. The molecule has 5 heteroatoms. The van der Waals surface area contributed by atoms with E-state index in [1.165, 1.54) is 148 Å². The number of halogens is 2. The molecular formula is C82H83BBrClO2. The van der Waals surface area contributed by atoms with Crippen molar-refractivity contribution >= 4 is 40.1 Å². The first-order chi connectivity index (χ1) is 41.8. The van der Waals surface area contributed by atoms with Crippen LogP contribution in [0.4, 0.5) is 0 Å². The van der Waals surface area contributed by atoms with Gasteiger partial charge in [-0.25, -0.2) is 0 Å². The van der Waals surface area contributed by atoms with Crippen LogP contribution in [0.25, 0.3) is 55.6 Å². The first-order valence-corrected chi connectivity index (χ1v) is 34.7. The summed E-state index contributed by atoms with van der Waals surface area (Å²) in [6.07, 6.45) is 15.5. The molecule has 12 aliphatic carbocycles. The fourth-order valence-electron chi connectivity index (χ4n) is 21.7. The number of aryl methyl sites for hydroxylation is 1. The highest BCUT2D eigenvalue weighted by atomic mass is 79.9. The topological polar surface area (TPSA) is 18.5 Å².